The number of nitrogens with zero attached hydrogens (tertiary/aromatic N) is 5. The van der Waals surface area contributed by atoms with E-state index in [0.29, 0.717) is 6.04 Å². The van der Waals surface area contributed by atoms with Crippen LogP contribution >= 0.6 is 24.0 Å². The minimum Gasteiger partial charge on any atom is -0.361 e. The van der Waals surface area contributed by atoms with Crippen molar-refractivity contribution in [3.8, 4) is 0 Å². The van der Waals surface area contributed by atoms with Gasteiger partial charge in [-0.05, 0) is 19.8 Å². The van der Waals surface area contributed by atoms with E-state index >= 15 is 0 Å². The highest BCUT2D eigenvalue weighted by Gasteiger charge is 2.24. The molecular weight excluding hydrogens is 471 g/mol. The fraction of sp³-hybridized carbons (Fsp3) is 0.737. The average Bonchev–Trinajstić information content (AvgIpc) is 3.30. The van der Waals surface area contributed by atoms with Crippen molar-refractivity contribution in [2.24, 2.45) is 4.99 Å². The number of hydrogen-bond acceptors (Lipinski definition) is 5. The lowest BCUT2D eigenvalue weighted by molar-refractivity contribution is -0.127. The van der Waals surface area contributed by atoms with E-state index < -0.39 is 0 Å². The number of carbonyl (C=O) groups is 1. The third-order valence-corrected chi connectivity index (χ3v) is 5.29. The molecule has 0 atom stereocenters. The summed E-state index contributed by atoms with van der Waals surface area (Å²) in [6.07, 6.45) is 4.91. The van der Waals surface area contributed by atoms with Crippen LogP contribution in [0.1, 0.15) is 37.1 Å². The molecule has 1 aromatic heterocycles. The predicted octanol–water partition coefficient (Wildman–Crippen LogP) is 1.70. The summed E-state index contributed by atoms with van der Waals surface area (Å²) in [5, 5.41) is 7.70. The molecule has 2 fully saturated rings. The lowest BCUT2D eigenvalue weighted by Gasteiger charge is -2.37. The van der Waals surface area contributed by atoms with E-state index in [4.69, 9.17) is 4.52 Å². The molecule has 2 heterocycles. The smallest absolute Gasteiger partial charge is 0.243 e. The van der Waals surface area contributed by atoms with Crippen molar-refractivity contribution in [3.05, 3.63) is 17.5 Å². The molecule has 1 aliphatic heterocycles. The molecule has 1 saturated carbocycles. The fourth-order valence-electron chi connectivity index (χ4n) is 3.61. The number of amides is 1. The first-order valence-corrected chi connectivity index (χ1v) is 9.92. The Kier molecular flexibility index (Phi) is 9.00. The zero-order chi connectivity index (χ0) is 19.2. The van der Waals surface area contributed by atoms with E-state index in [9.17, 15) is 4.79 Å². The third kappa shape index (κ3) is 6.61. The Balaban J connectivity index is 0.00000280. The SMILES string of the molecule is Cc1cc(CN2CCN(C(=NCC(=O)N(C)C)NC3CCCC3)CC2)no1.I. The Labute approximate surface area is 184 Å². The summed E-state index contributed by atoms with van der Waals surface area (Å²) in [5.74, 6) is 1.76. The standard InChI is InChI=1S/C19H32N6O2.HI/c1-15-12-17(22-27-15)14-24-8-10-25(11-9-24)19(20-13-18(26)23(2)3)21-16-6-4-5-7-16;/h12,16H,4-11,13-14H2,1-3H3,(H,20,21);1H. The van der Waals surface area contributed by atoms with Crippen LogP contribution in [-0.4, -0.2) is 84.6 Å². The number of aliphatic imine (C=N–C) groups is 1. The highest BCUT2D eigenvalue weighted by Crippen LogP contribution is 2.18. The number of guanidine groups is 1. The molecule has 1 saturated heterocycles. The van der Waals surface area contributed by atoms with Gasteiger partial charge in [0.2, 0.25) is 5.91 Å². The largest absolute Gasteiger partial charge is 0.361 e. The lowest BCUT2D eigenvalue weighted by atomic mass is 10.2. The number of carbonyl (C=O) groups excluding carboxylic acids is 1. The maximum Gasteiger partial charge on any atom is 0.243 e. The molecule has 0 unspecified atom stereocenters. The number of piperazine rings is 1. The Morgan fingerprint density at radius 1 is 1.29 bits per heavy atom. The van der Waals surface area contributed by atoms with E-state index in [1.807, 2.05) is 13.0 Å². The van der Waals surface area contributed by atoms with Gasteiger partial charge in [-0.1, -0.05) is 18.0 Å². The minimum absolute atomic E-state index is 0. The molecule has 1 aromatic rings. The number of aryl methyl sites for hydroxylation is 1. The van der Waals surface area contributed by atoms with Crippen molar-refractivity contribution in [1.82, 2.24) is 25.2 Å². The van der Waals surface area contributed by atoms with Crippen molar-refractivity contribution in [3.63, 3.8) is 0 Å². The van der Waals surface area contributed by atoms with Gasteiger partial charge in [0.1, 0.15) is 12.3 Å². The summed E-state index contributed by atoms with van der Waals surface area (Å²) in [4.78, 5) is 22.9. The van der Waals surface area contributed by atoms with Crippen LogP contribution in [-0.2, 0) is 11.3 Å². The predicted molar refractivity (Wildman–Crippen MR) is 120 cm³/mol. The topological polar surface area (TPSA) is 77.2 Å². The maximum absolute atomic E-state index is 12.0. The van der Waals surface area contributed by atoms with Gasteiger partial charge < -0.3 is 19.6 Å². The maximum atomic E-state index is 12.0. The van der Waals surface area contributed by atoms with Crippen LogP contribution in [0.25, 0.3) is 0 Å². The fourth-order valence-corrected chi connectivity index (χ4v) is 3.61. The molecule has 158 valence electrons. The second-order valence-corrected chi connectivity index (χ2v) is 7.75. The second-order valence-electron chi connectivity index (χ2n) is 7.75. The molecular formula is C19H33IN6O2. The molecule has 8 nitrogen and oxygen atoms in total. The number of hydrogen-bond donors (Lipinski definition) is 1. The van der Waals surface area contributed by atoms with Crippen LogP contribution in [0.4, 0.5) is 0 Å². The van der Waals surface area contributed by atoms with Crippen molar-refractivity contribution < 1.29 is 9.32 Å². The van der Waals surface area contributed by atoms with Gasteiger partial charge in [0.15, 0.2) is 5.96 Å². The van der Waals surface area contributed by atoms with Gasteiger partial charge in [-0.2, -0.15) is 0 Å². The molecule has 28 heavy (non-hydrogen) atoms. The van der Waals surface area contributed by atoms with Crippen LogP contribution in [0.5, 0.6) is 0 Å². The van der Waals surface area contributed by atoms with E-state index in [-0.39, 0.29) is 36.4 Å². The molecule has 1 N–H and O–H groups in total. The van der Waals surface area contributed by atoms with Crippen LogP contribution in [0.15, 0.2) is 15.6 Å². The van der Waals surface area contributed by atoms with E-state index in [2.05, 4.69) is 25.3 Å². The first-order chi connectivity index (χ1) is 13.0. The van der Waals surface area contributed by atoms with Gasteiger partial charge >= 0.3 is 0 Å². The minimum atomic E-state index is 0. The third-order valence-electron chi connectivity index (χ3n) is 5.29. The average molecular weight is 504 g/mol. The first-order valence-electron chi connectivity index (χ1n) is 9.92. The van der Waals surface area contributed by atoms with Gasteiger partial charge in [0, 0.05) is 58.9 Å². The van der Waals surface area contributed by atoms with Crippen molar-refractivity contribution >= 4 is 35.8 Å². The van der Waals surface area contributed by atoms with Crippen LogP contribution in [0, 0.1) is 6.92 Å². The Bertz CT molecular complexity index is 649. The molecule has 1 amide bonds. The van der Waals surface area contributed by atoms with E-state index in [0.717, 1.165) is 50.1 Å². The molecule has 3 rings (SSSR count). The Morgan fingerprint density at radius 2 is 1.96 bits per heavy atom. The number of halogens is 1. The normalized spacial score (nSPS) is 18.8. The van der Waals surface area contributed by atoms with Crippen LogP contribution in [0.2, 0.25) is 0 Å². The number of nitrogens with one attached hydrogen (secondary N) is 1. The second kappa shape index (κ2) is 11.0. The number of likely N-dealkylation sites (N-methyl/N-ethyl adjacent to an activating group) is 1. The van der Waals surface area contributed by atoms with Crippen molar-refractivity contribution in [2.75, 3.05) is 46.8 Å². The number of aromatic nitrogens is 1. The summed E-state index contributed by atoms with van der Waals surface area (Å²) < 4.78 is 5.16. The van der Waals surface area contributed by atoms with E-state index in [1.165, 1.54) is 25.7 Å². The molecule has 9 heteroatoms. The summed E-state index contributed by atoms with van der Waals surface area (Å²) in [6.45, 7) is 6.60. The van der Waals surface area contributed by atoms with Crippen LogP contribution < -0.4 is 5.32 Å². The summed E-state index contributed by atoms with van der Waals surface area (Å²) in [7, 11) is 3.54. The van der Waals surface area contributed by atoms with Gasteiger partial charge in [0.25, 0.3) is 0 Å². The Hall–Kier alpha value is -1.36. The van der Waals surface area contributed by atoms with Crippen LogP contribution in [0.3, 0.4) is 0 Å². The summed E-state index contributed by atoms with van der Waals surface area (Å²) >= 11 is 0. The zero-order valence-corrected chi connectivity index (χ0v) is 19.5. The monoisotopic (exact) mass is 504 g/mol. The Morgan fingerprint density at radius 3 is 2.54 bits per heavy atom. The van der Waals surface area contributed by atoms with Gasteiger partial charge in [0.05, 0.1) is 5.69 Å². The highest BCUT2D eigenvalue weighted by atomic mass is 127. The van der Waals surface area contributed by atoms with Crippen molar-refractivity contribution in [2.45, 2.75) is 45.2 Å². The quantitative estimate of drug-likeness (QED) is 0.374. The molecule has 0 spiro atoms. The number of rotatable bonds is 5. The van der Waals surface area contributed by atoms with Gasteiger partial charge in [-0.3, -0.25) is 9.69 Å². The van der Waals surface area contributed by atoms with Gasteiger partial charge in [-0.25, -0.2) is 4.99 Å². The van der Waals surface area contributed by atoms with Crippen molar-refractivity contribution in [1.29, 1.82) is 0 Å². The first kappa shape index (κ1) is 22.9. The molecule has 1 aliphatic carbocycles. The summed E-state index contributed by atoms with van der Waals surface area (Å²) in [5.41, 5.74) is 0.982. The van der Waals surface area contributed by atoms with Gasteiger partial charge in [-0.15, -0.1) is 24.0 Å². The highest BCUT2D eigenvalue weighted by molar-refractivity contribution is 14.0. The molecule has 0 radical (unpaired) electrons. The molecule has 0 bridgehead atoms. The molecule has 2 aliphatic rings. The zero-order valence-electron chi connectivity index (χ0n) is 17.2. The van der Waals surface area contributed by atoms with E-state index in [1.54, 1.807) is 19.0 Å². The summed E-state index contributed by atoms with van der Waals surface area (Å²) in [6, 6.07) is 2.47. The lowest BCUT2D eigenvalue weighted by Crippen LogP contribution is -2.54. The molecule has 0 aromatic carbocycles.